The van der Waals surface area contributed by atoms with Crippen molar-refractivity contribution in [2.75, 3.05) is 18.7 Å². The molecule has 2 aromatic rings. The first kappa shape index (κ1) is 19.7. The van der Waals surface area contributed by atoms with Crippen LogP contribution in [0.2, 0.25) is 0 Å². The number of hydrogen-bond donors (Lipinski definition) is 2. The van der Waals surface area contributed by atoms with Crippen LogP contribution in [0.15, 0.2) is 46.9 Å². The molecule has 2 amide bonds. The minimum absolute atomic E-state index is 0.131. The second kappa shape index (κ2) is 8.75. The second-order valence-electron chi connectivity index (χ2n) is 5.88. The maximum absolute atomic E-state index is 12.2. The Morgan fingerprint density at radius 1 is 1.14 bits per heavy atom. The number of fused-ring (bicyclic) bond motifs is 1. The van der Waals surface area contributed by atoms with Gasteiger partial charge in [-0.25, -0.2) is 0 Å². The number of nitrogens with one attached hydrogen (secondary N) is 2. The van der Waals surface area contributed by atoms with Gasteiger partial charge in [-0.05, 0) is 37.3 Å². The molecule has 0 fully saturated rings. The Hall–Kier alpha value is -3.07. The van der Waals surface area contributed by atoms with Gasteiger partial charge in [0.15, 0.2) is 17.6 Å². The molecule has 3 rings (SSSR count). The van der Waals surface area contributed by atoms with Crippen LogP contribution in [0.1, 0.15) is 17.3 Å². The number of amides is 2. The molecular weight excluding hydrogens is 432 g/mol. The predicted octanol–water partition coefficient (Wildman–Crippen LogP) is 2.48. The highest BCUT2D eigenvalue weighted by Gasteiger charge is 2.20. The van der Waals surface area contributed by atoms with Gasteiger partial charge < -0.3 is 24.8 Å². The smallest absolute Gasteiger partial charge is 0.326 e. The van der Waals surface area contributed by atoms with E-state index in [4.69, 9.17) is 14.2 Å². The van der Waals surface area contributed by atoms with Crippen LogP contribution in [0.25, 0.3) is 0 Å². The Morgan fingerprint density at radius 2 is 1.93 bits per heavy atom. The van der Waals surface area contributed by atoms with Crippen molar-refractivity contribution >= 4 is 39.4 Å². The Kier molecular flexibility index (Phi) is 6.15. The van der Waals surface area contributed by atoms with Crippen LogP contribution in [0, 0.1) is 0 Å². The highest BCUT2D eigenvalue weighted by molar-refractivity contribution is 9.10. The molecule has 1 heterocycles. The second-order valence-corrected chi connectivity index (χ2v) is 6.80. The summed E-state index contributed by atoms with van der Waals surface area (Å²) in [7, 11) is 0. The van der Waals surface area contributed by atoms with E-state index in [-0.39, 0.29) is 13.3 Å². The van der Waals surface area contributed by atoms with Crippen molar-refractivity contribution in [2.24, 2.45) is 0 Å². The van der Waals surface area contributed by atoms with Crippen LogP contribution < -0.4 is 20.1 Å². The number of halogens is 1. The van der Waals surface area contributed by atoms with Gasteiger partial charge in [0.25, 0.3) is 11.8 Å². The number of benzene rings is 2. The van der Waals surface area contributed by atoms with Crippen molar-refractivity contribution in [3.05, 3.63) is 52.5 Å². The van der Waals surface area contributed by atoms with Gasteiger partial charge in [0.05, 0.1) is 0 Å². The summed E-state index contributed by atoms with van der Waals surface area (Å²) in [5.74, 6) is -0.533. The first-order valence-electron chi connectivity index (χ1n) is 8.36. The molecule has 0 aromatic heterocycles. The molecule has 2 aromatic carbocycles. The molecule has 1 atom stereocenters. The number of carbonyl (C=O) groups excluding carboxylic acids is 3. The third-order valence-electron chi connectivity index (χ3n) is 3.80. The zero-order valence-electron chi connectivity index (χ0n) is 14.9. The van der Waals surface area contributed by atoms with Crippen molar-refractivity contribution in [3.63, 3.8) is 0 Å². The normalized spacial score (nSPS) is 12.8. The van der Waals surface area contributed by atoms with Gasteiger partial charge in [-0.1, -0.05) is 22.0 Å². The number of carbonyl (C=O) groups is 3. The average molecular weight is 449 g/mol. The fourth-order valence-corrected chi connectivity index (χ4v) is 2.79. The monoisotopic (exact) mass is 448 g/mol. The molecule has 0 aliphatic carbocycles. The lowest BCUT2D eigenvalue weighted by Crippen LogP contribution is -2.35. The van der Waals surface area contributed by atoms with Crippen molar-refractivity contribution in [3.8, 4) is 11.5 Å². The lowest BCUT2D eigenvalue weighted by molar-refractivity contribution is -0.152. The minimum atomic E-state index is -1.04. The van der Waals surface area contributed by atoms with Gasteiger partial charge >= 0.3 is 5.97 Å². The van der Waals surface area contributed by atoms with E-state index in [1.165, 1.54) is 6.92 Å². The third kappa shape index (κ3) is 5.01. The highest BCUT2D eigenvalue weighted by atomic mass is 79.9. The van der Waals surface area contributed by atoms with E-state index in [1.807, 2.05) is 0 Å². The van der Waals surface area contributed by atoms with Crippen LogP contribution in [0.4, 0.5) is 5.69 Å². The number of hydrogen-bond acceptors (Lipinski definition) is 6. The molecule has 1 aliphatic rings. The average Bonchev–Trinajstić information content (AvgIpc) is 3.13. The van der Waals surface area contributed by atoms with Crippen LogP contribution in [-0.4, -0.2) is 37.2 Å². The fraction of sp³-hybridized carbons (Fsp3) is 0.211. The van der Waals surface area contributed by atoms with E-state index in [0.29, 0.717) is 22.7 Å². The summed E-state index contributed by atoms with van der Waals surface area (Å²) >= 11 is 3.27. The van der Waals surface area contributed by atoms with Crippen LogP contribution in [-0.2, 0) is 14.3 Å². The molecule has 1 aliphatic heterocycles. The molecule has 0 saturated carbocycles. The first-order chi connectivity index (χ1) is 13.4. The molecule has 0 spiro atoms. The summed E-state index contributed by atoms with van der Waals surface area (Å²) in [5.41, 5.74) is 0.885. The molecule has 9 heteroatoms. The Labute approximate surface area is 169 Å². The van der Waals surface area contributed by atoms with E-state index in [2.05, 4.69) is 26.6 Å². The lowest BCUT2D eigenvalue weighted by Gasteiger charge is -2.14. The Morgan fingerprint density at radius 3 is 2.71 bits per heavy atom. The zero-order chi connectivity index (χ0) is 20.1. The maximum atomic E-state index is 12.2. The molecule has 0 saturated heterocycles. The first-order valence-corrected chi connectivity index (χ1v) is 9.15. The third-order valence-corrected chi connectivity index (χ3v) is 4.29. The van der Waals surface area contributed by atoms with Crippen molar-refractivity contribution in [2.45, 2.75) is 13.0 Å². The van der Waals surface area contributed by atoms with Crippen LogP contribution in [0.5, 0.6) is 11.5 Å². The Bertz CT molecular complexity index is 917. The summed E-state index contributed by atoms with van der Waals surface area (Å²) in [4.78, 5) is 36.1. The van der Waals surface area contributed by atoms with Crippen molar-refractivity contribution in [1.82, 2.24) is 5.32 Å². The van der Waals surface area contributed by atoms with E-state index >= 15 is 0 Å². The molecular formula is C19H17BrN2O6. The quantitative estimate of drug-likeness (QED) is 0.657. The molecule has 28 heavy (non-hydrogen) atoms. The van der Waals surface area contributed by atoms with Gasteiger partial charge in [-0.3, -0.25) is 14.4 Å². The van der Waals surface area contributed by atoms with E-state index < -0.39 is 23.9 Å². The van der Waals surface area contributed by atoms with Crippen LogP contribution >= 0.6 is 15.9 Å². The van der Waals surface area contributed by atoms with E-state index in [0.717, 1.165) is 4.47 Å². The van der Waals surface area contributed by atoms with Gasteiger partial charge in [0.2, 0.25) is 6.79 Å². The lowest BCUT2D eigenvalue weighted by atomic mass is 10.2. The van der Waals surface area contributed by atoms with Gasteiger partial charge in [0.1, 0.15) is 6.54 Å². The summed E-state index contributed by atoms with van der Waals surface area (Å²) in [6.07, 6.45) is -1.04. The predicted molar refractivity (Wildman–Crippen MR) is 103 cm³/mol. The van der Waals surface area contributed by atoms with Gasteiger partial charge in [-0.15, -0.1) is 0 Å². The van der Waals surface area contributed by atoms with Crippen LogP contribution in [0.3, 0.4) is 0 Å². The van der Waals surface area contributed by atoms with E-state index in [1.54, 1.807) is 42.5 Å². The maximum Gasteiger partial charge on any atom is 0.326 e. The minimum Gasteiger partial charge on any atom is -0.454 e. The van der Waals surface area contributed by atoms with E-state index in [9.17, 15) is 14.4 Å². The summed E-state index contributed by atoms with van der Waals surface area (Å²) < 4.78 is 16.2. The standard InChI is InChI=1S/C19H17BrN2O6/c1-11(18(24)22-14-5-6-15-16(8-14)27-10-26-15)28-17(23)9-21-19(25)12-3-2-4-13(20)7-12/h2-8,11H,9-10H2,1H3,(H,21,25)(H,22,24). The number of anilines is 1. The highest BCUT2D eigenvalue weighted by Crippen LogP contribution is 2.34. The fourth-order valence-electron chi connectivity index (χ4n) is 2.39. The molecule has 146 valence electrons. The summed E-state index contributed by atoms with van der Waals surface area (Å²) in [6, 6.07) is 11.7. The topological polar surface area (TPSA) is 103 Å². The Balaban J connectivity index is 1.47. The van der Waals surface area contributed by atoms with Crippen molar-refractivity contribution in [1.29, 1.82) is 0 Å². The molecule has 2 N–H and O–H groups in total. The molecule has 0 bridgehead atoms. The largest absolute Gasteiger partial charge is 0.454 e. The molecule has 8 nitrogen and oxygen atoms in total. The number of ether oxygens (including phenoxy) is 3. The number of rotatable bonds is 6. The zero-order valence-corrected chi connectivity index (χ0v) is 16.4. The summed E-state index contributed by atoms with van der Waals surface area (Å²) in [5, 5.41) is 5.08. The summed E-state index contributed by atoms with van der Waals surface area (Å²) in [6.45, 7) is 1.22. The number of esters is 1. The van der Waals surface area contributed by atoms with Gasteiger partial charge in [-0.2, -0.15) is 0 Å². The van der Waals surface area contributed by atoms with Crippen molar-refractivity contribution < 1.29 is 28.6 Å². The molecule has 0 radical (unpaired) electrons. The van der Waals surface area contributed by atoms with Gasteiger partial charge in [0, 0.05) is 21.8 Å². The SMILES string of the molecule is CC(OC(=O)CNC(=O)c1cccc(Br)c1)C(=O)Nc1ccc2c(c1)OCO2. The molecule has 1 unspecified atom stereocenters.